The Morgan fingerprint density at radius 3 is 2.67 bits per heavy atom. The first-order chi connectivity index (χ1) is 13.2. The Hall–Kier alpha value is -1.84. The first-order valence-corrected chi connectivity index (χ1v) is 10.4. The van der Waals surface area contributed by atoms with Crippen molar-refractivity contribution in [2.24, 2.45) is 5.92 Å². The second-order valence-corrected chi connectivity index (χ2v) is 8.31. The average Bonchev–Trinajstić information content (AvgIpc) is 2.69. The lowest BCUT2D eigenvalue weighted by molar-refractivity contribution is -0.0220. The molecule has 1 aliphatic carbocycles. The summed E-state index contributed by atoms with van der Waals surface area (Å²) in [6.07, 6.45) is 6.67. The largest absolute Gasteiger partial charge is 0.508 e. The fourth-order valence-corrected chi connectivity index (χ4v) is 5.76. The highest BCUT2D eigenvalue weighted by molar-refractivity contribution is 5.35. The molecule has 1 aliphatic heterocycles. The van der Waals surface area contributed by atoms with Gasteiger partial charge in [0.1, 0.15) is 5.75 Å². The van der Waals surface area contributed by atoms with E-state index in [0.717, 1.165) is 32.4 Å². The predicted molar refractivity (Wildman–Crippen MR) is 109 cm³/mol. The Balaban J connectivity index is 1.57. The van der Waals surface area contributed by atoms with Gasteiger partial charge in [-0.15, -0.1) is 0 Å². The van der Waals surface area contributed by atoms with Gasteiger partial charge < -0.3 is 10.2 Å². The Kier molecular flexibility index (Phi) is 5.51. The average molecular weight is 366 g/mol. The molecule has 0 aromatic heterocycles. The lowest BCUT2D eigenvalue weighted by atomic mass is 9.56. The Labute approximate surface area is 162 Å². The number of rotatable bonds is 6. The first kappa shape index (κ1) is 18.5. The standard InChI is InChI=1S/C24H31NO2/c26-17-12-22-23-10-5-13-24(22,20-8-4-9-21(27)18-20)14-16-25(23)15-11-19-6-2-1-3-7-19/h1-4,6-9,18,22-23,26-27H,5,10-17H2/t22-,23-,24-/m0/s1. The second-order valence-electron chi connectivity index (χ2n) is 8.31. The third-order valence-corrected chi connectivity index (χ3v) is 7.00. The number of phenolic OH excluding ortho intramolecular Hbond substituents is 1. The Morgan fingerprint density at radius 1 is 1.04 bits per heavy atom. The first-order valence-electron chi connectivity index (χ1n) is 10.4. The van der Waals surface area contributed by atoms with Crippen LogP contribution in [0.3, 0.4) is 0 Å². The molecule has 0 amide bonds. The van der Waals surface area contributed by atoms with Crippen LogP contribution >= 0.6 is 0 Å². The number of likely N-dealkylation sites (tertiary alicyclic amines) is 1. The molecule has 3 heteroatoms. The molecule has 144 valence electrons. The zero-order valence-electron chi connectivity index (χ0n) is 16.1. The summed E-state index contributed by atoms with van der Waals surface area (Å²) in [5, 5.41) is 19.9. The maximum Gasteiger partial charge on any atom is 0.115 e. The minimum Gasteiger partial charge on any atom is -0.508 e. The molecule has 2 aromatic rings. The molecule has 3 atom stereocenters. The van der Waals surface area contributed by atoms with E-state index < -0.39 is 0 Å². The monoisotopic (exact) mass is 365 g/mol. The summed E-state index contributed by atoms with van der Waals surface area (Å²) in [4.78, 5) is 2.67. The molecule has 2 N–H and O–H groups in total. The van der Waals surface area contributed by atoms with Crippen molar-refractivity contribution in [3.05, 3.63) is 65.7 Å². The van der Waals surface area contributed by atoms with E-state index in [1.54, 1.807) is 6.07 Å². The summed E-state index contributed by atoms with van der Waals surface area (Å²) in [5.74, 6) is 0.820. The maximum absolute atomic E-state index is 10.1. The summed E-state index contributed by atoms with van der Waals surface area (Å²) in [6, 6.07) is 19.2. The van der Waals surface area contributed by atoms with E-state index in [4.69, 9.17) is 0 Å². The number of piperidine rings is 1. The van der Waals surface area contributed by atoms with Crippen molar-refractivity contribution in [3.63, 3.8) is 0 Å². The Morgan fingerprint density at radius 2 is 1.89 bits per heavy atom. The highest BCUT2D eigenvalue weighted by Crippen LogP contribution is 2.52. The van der Waals surface area contributed by atoms with Crippen LogP contribution in [0, 0.1) is 5.92 Å². The third-order valence-electron chi connectivity index (χ3n) is 7.00. The van der Waals surface area contributed by atoms with Gasteiger partial charge in [0.05, 0.1) is 0 Å². The molecule has 0 radical (unpaired) electrons. The highest BCUT2D eigenvalue weighted by atomic mass is 16.3. The predicted octanol–water partition coefficient (Wildman–Crippen LogP) is 4.13. The molecular weight excluding hydrogens is 334 g/mol. The van der Waals surface area contributed by atoms with Gasteiger partial charge in [0, 0.05) is 24.6 Å². The van der Waals surface area contributed by atoms with Gasteiger partial charge >= 0.3 is 0 Å². The minimum absolute atomic E-state index is 0.105. The number of phenols is 1. The fourth-order valence-electron chi connectivity index (χ4n) is 5.76. The molecule has 4 rings (SSSR count). The summed E-state index contributed by atoms with van der Waals surface area (Å²) in [5.41, 5.74) is 2.78. The van der Waals surface area contributed by atoms with E-state index >= 15 is 0 Å². The summed E-state index contributed by atoms with van der Waals surface area (Å²) >= 11 is 0. The Bertz CT molecular complexity index is 747. The van der Waals surface area contributed by atoms with Crippen molar-refractivity contribution in [1.29, 1.82) is 0 Å². The number of aliphatic hydroxyl groups is 1. The van der Waals surface area contributed by atoms with E-state index in [-0.39, 0.29) is 12.0 Å². The van der Waals surface area contributed by atoms with E-state index in [0.29, 0.717) is 17.7 Å². The second kappa shape index (κ2) is 8.04. The van der Waals surface area contributed by atoms with Gasteiger partial charge in [-0.05, 0) is 67.8 Å². The van der Waals surface area contributed by atoms with Crippen molar-refractivity contribution in [2.45, 2.75) is 50.0 Å². The van der Waals surface area contributed by atoms with Gasteiger partial charge in [-0.3, -0.25) is 4.90 Å². The van der Waals surface area contributed by atoms with Crippen molar-refractivity contribution in [3.8, 4) is 5.75 Å². The van der Waals surface area contributed by atoms with Gasteiger partial charge in [0.25, 0.3) is 0 Å². The van der Waals surface area contributed by atoms with E-state index in [1.807, 2.05) is 12.1 Å². The number of aliphatic hydroxyl groups excluding tert-OH is 1. The van der Waals surface area contributed by atoms with Crippen LogP contribution in [-0.2, 0) is 11.8 Å². The van der Waals surface area contributed by atoms with E-state index in [2.05, 4.69) is 41.3 Å². The smallest absolute Gasteiger partial charge is 0.115 e. The number of hydrogen-bond donors (Lipinski definition) is 2. The molecule has 1 saturated carbocycles. The normalized spacial score (nSPS) is 28.2. The van der Waals surface area contributed by atoms with Gasteiger partial charge in [-0.2, -0.15) is 0 Å². The molecule has 2 aliphatic rings. The quantitative estimate of drug-likeness (QED) is 0.809. The molecule has 0 spiro atoms. The van der Waals surface area contributed by atoms with Crippen LogP contribution in [0.15, 0.2) is 54.6 Å². The van der Waals surface area contributed by atoms with Gasteiger partial charge in [0.2, 0.25) is 0 Å². The van der Waals surface area contributed by atoms with Crippen molar-refractivity contribution < 1.29 is 10.2 Å². The van der Waals surface area contributed by atoms with Crippen LogP contribution in [0.4, 0.5) is 0 Å². The summed E-state index contributed by atoms with van der Waals surface area (Å²) in [6.45, 7) is 2.44. The molecule has 1 heterocycles. The number of nitrogens with zero attached hydrogens (tertiary/aromatic N) is 1. The van der Waals surface area contributed by atoms with Crippen LogP contribution in [0.25, 0.3) is 0 Å². The molecule has 1 saturated heterocycles. The van der Waals surface area contributed by atoms with E-state index in [1.165, 1.54) is 30.4 Å². The topological polar surface area (TPSA) is 43.7 Å². The fraction of sp³-hybridized carbons (Fsp3) is 0.500. The van der Waals surface area contributed by atoms with Crippen LogP contribution < -0.4 is 0 Å². The molecule has 3 nitrogen and oxygen atoms in total. The highest BCUT2D eigenvalue weighted by Gasteiger charge is 2.50. The number of aromatic hydroxyl groups is 1. The lowest BCUT2D eigenvalue weighted by Gasteiger charge is -2.57. The van der Waals surface area contributed by atoms with Gasteiger partial charge in [-0.25, -0.2) is 0 Å². The molecule has 0 unspecified atom stereocenters. The molecule has 2 fully saturated rings. The molecule has 27 heavy (non-hydrogen) atoms. The zero-order valence-corrected chi connectivity index (χ0v) is 16.1. The molecule has 2 bridgehead atoms. The van der Waals surface area contributed by atoms with Crippen LogP contribution in [0.2, 0.25) is 0 Å². The van der Waals surface area contributed by atoms with Crippen LogP contribution in [-0.4, -0.2) is 40.9 Å². The van der Waals surface area contributed by atoms with Gasteiger partial charge in [0.15, 0.2) is 0 Å². The molecular formula is C24H31NO2. The van der Waals surface area contributed by atoms with Crippen molar-refractivity contribution in [1.82, 2.24) is 4.90 Å². The summed E-state index contributed by atoms with van der Waals surface area (Å²) in [7, 11) is 0. The van der Waals surface area contributed by atoms with Crippen LogP contribution in [0.5, 0.6) is 5.75 Å². The molecule has 2 aromatic carbocycles. The SMILES string of the molecule is OCC[C@H]1[C@@H]2CCC[C@@]1(c1cccc(O)c1)CCN2CCc1ccccc1. The van der Waals surface area contributed by atoms with E-state index in [9.17, 15) is 10.2 Å². The minimum atomic E-state index is 0.105. The zero-order chi connectivity index (χ0) is 18.7. The van der Waals surface area contributed by atoms with Crippen molar-refractivity contribution in [2.75, 3.05) is 19.7 Å². The maximum atomic E-state index is 10.1. The van der Waals surface area contributed by atoms with Crippen molar-refractivity contribution >= 4 is 0 Å². The number of fused-ring (bicyclic) bond motifs is 2. The number of benzene rings is 2. The number of hydrogen-bond acceptors (Lipinski definition) is 3. The lowest BCUT2D eigenvalue weighted by Crippen LogP contribution is -2.59. The third kappa shape index (κ3) is 3.63. The van der Waals surface area contributed by atoms with Crippen LogP contribution in [0.1, 0.15) is 43.2 Å². The summed E-state index contributed by atoms with van der Waals surface area (Å²) < 4.78 is 0. The van der Waals surface area contributed by atoms with Gasteiger partial charge in [-0.1, -0.05) is 48.9 Å².